The van der Waals surface area contributed by atoms with Crippen LogP contribution in [0.2, 0.25) is 0 Å². The third-order valence-electron chi connectivity index (χ3n) is 1.69. The molecule has 1 aromatic rings. The van der Waals surface area contributed by atoms with Gasteiger partial charge in [-0.15, -0.1) is 0 Å². The lowest BCUT2D eigenvalue weighted by atomic mass is 10.1. The SMILES string of the molecule is N#CCc1cc(F)c(F)cc1C(F)F. The zero-order valence-electron chi connectivity index (χ0n) is 6.90. The van der Waals surface area contributed by atoms with Crippen molar-refractivity contribution in [1.29, 1.82) is 5.26 Å². The summed E-state index contributed by atoms with van der Waals surface area (Å²) < 4.78 is 49.7. The maximum absolute atomic E-state index is 12.6. The normalized spacial score (nSPS) is 10.3. The van der Waals surface area contributed by atoms with Crippen LogP contribution in [0.3, 0.4) is 0 Å². The van der Waals surface area contributed by atoms with E-state index < -0.39 is 23.6 Å². The van der Waals surface area contributed by atoms with Gasteiger partial charge in [-0.05, 0) is 17.7 Å². The molecular weight excluding hydrogens is 198 g/mol. The van der Waals surface area contributed by atoms with Crippen LogP contribution in [0.15, 0.2) is 12.1 Å². The van der Waals surface area contributed by atoms with E-state index in [-0.39, 0.29) is 12.0 Å². The minimum absolute atomic E-state index is 0.179. The second kappa shape index (κ2) is 4.09. The average molecular weight is 203 g/mol. The van der Waals surface area contributed by atoms with Crippen molar-refractivity contribution in [2.75, 3.05) is 0 Å². The molecule has 0 fully saturated rings. The Bertz CT molecular complexity index is 381. The number of rotatable bonds is 2. The molecule has 5 heteroatoms. The van der Waals surface area contributed by atoms with Gasteiger partial charge in [0.1, 0.15) is 0 Å². The highest BCUT2D eigenvalue weighted by Crippen LogP contribution is 2.25. The van der Waals surface area contributed by atoms with Crippen LogP contribution in [0, 0.1) is 23.0 Å². The Hall–Kier alpha value is -1.57. The molecule has 1 aromatic carbocycles. The van der Waals surface area contributed by atoms with Crippen LogP contribution in [-0.2, 0) is 6.42 Å². The third kappa shape index (κ3) is 2.02. The molecule has 0 amide bonds. The van der Waals surface area contributed by atoms with Crippen molar-refractivity contribution in [1.82, 2.24) is 0 Å². The first kappa shape index (κ1) is 10.5. The standard InChI is InChI=1S/C9H5F4N/c10-7-3-5(1-2-14)6(9(12)13)4-8(7)11/h3-4,9H,1H2. The molecule has 0 saturated carbocycles. The molecule has 0 aliphatic rings. The van der Waals surface area contributed by atoms with Crippen LogP contribution in [-0.4, -0.2) is 0 Å². The van der Waals surface area contributed by atoms with Crippen LogP contribution in [0.4, 0.5) is 17.6 Å². The highest BCUT2D eigenvalue weighted by atomic mass is 19.3. The Balaban J connectivity index is 3.25. The van der Waals surface area contributed by atoms with Crippen LogP contribution < -0.4 is 0 Å². The van der Waals surface area contributed by atoms with Gasteiger partial charge < -0.3 is 0 Å². The van der Waals surface area contributed by atoms with Crippen LogP contribution in [0.5, 0.6) is 0 Å². The topological polar surface area (TPSA) is 23.8 Å². The van der Waals surface area contributed by atoms with Gasteiger partial charge >= 0.3 is 0 Å². The monoisotopic (exact) mass is 203 g/mol. The van der Waals surface area contributed by atoms with E-state index in [9.17, 15) is 17.6 Å². The molecule has 0 aliphatic heterocycles. The molecule has 0 aliphatic carbocycles. The van der Waals surface area contributed by atoms with E-state index in [4.69, 9.17) is 5.26 Å². The zero-order chi connectivity index (χ0) is 10.7. The largest absolute Gasteiger partial charge is 0.264 e. The van der Waals surface area contributed by atoms with E-state index >= 15 is 0 Å². The molecule has 0 spiro atoms. The van der Waals surface area contributed by atoms with Gasteiger partial charge in [-0.2, -0.15) is 5.26 Å². The maximum Gasteiger partial charge on any atom is 0.264 e. The quantitative estimate of drug-likeness (QED) is 0.678. The molecule has 0 bridgehead atoms. The minimum atomic E-state index is -2.91. The Morgan fingerprint density at radius 3 is 2.29 bits per heavy atom. The molecule has 1 nitrogen and oxygen atoms in total. The smallest absolute Gasteiger partial charge is 0.205 e. The fourth-order valence-corrected chi connectivity index (χ4v) is 1.04. The molecule has 0 heterocycles. The summed E-state index contributed by atoms with van der Waals surface area (Å²) in [4.78, 5) is 0. The lowest BCUT2D eigenvalue weighted by Gasteiger charge is -2.06. The van der Waals surface area contributed by atoms with Crippen molar-refractivity contribution in [3.05, 3.63) is 34.9 Å². The summed E-state index contributed by atoms with van der Waals surface area (Å²) in [6.45, 7) is 0. The predicted molar refractivity (Wildman–Crippen MR) is 40.6 cm³/mol. The molecule has 0 radical (unpaired) electrons. The van der Waals surface area contributed by atoms with Crippen LogP contribution in [0.25, 0.3) is 0 Å². The summed E-state index contributed by atoms with van der Waals surface area (Å²) in [6.07, 6.45) is -3.27. The van der Waals surface area contributed by atoms with Crippen molar-refractivity contribution in [3.8, 4) is 6.07 Å². The van der Waals surface area contributed by atoms with Gasteiger partial charge in [0.05, 0.1) is 12.5 Å². The first-order valence-corrected chi connectivity index (χ1v) is 3.69. The van der Waals surface area contributed by atoms with Crippen molar-refractivity contribution in [2.24, 2.45) is 0 Å². The molecule has 0 saturated heterocycles. The summed E-state index contributed by atoms with van der Waals surface area (Å²) in [5.41, 5.74) is -0.813. The van der Waals surface area contributed by atoms with Gasteiger partial charge in [-0.25, -0.2) is 17.6 Å². The fourth-order valence-electron chi connectivity index (χ4n) is 1.04. The van der Waals surface area contributed by atoms with Gasteiger partial charge in [-0.1, -0.05) is 0 Å². The molecule has 0 atom stereocenters. The number of benzene rings is 1. The second-order valence-electron chi connectivity index (χ2n) is 2.60. The summed E-state index contributed by atoms with van der Waals surface area (Å²) in [7, 11) is 0. The van der Waals surface area contributed by atoms with Gasteiger partial charge in [0.2, 0.25) is 0 Å². The highest BCUT2D eigenvalue weighted by molar-refractivity contribution is 5.31. The molecule has 14 heavy (non-hydrogen) atoms. The van der Waals surface area contributed by atoms with Crippen molar-refractivity contribution in [3.63, 3.8) is 0 Å². The molecule has 1 rings (SSSR count). The number of nitrogens with zero attached hydrogens (tertiary/aromatic N) is 1. The van der Waals surface area contributed by atoms with E-state index in [0.717, 1.165) is 0 Å². The van der Waals surface area contributed by atoms with Gasteiger partial charge in [0, 0.05) is 5.56 Å². The average Bonchev–Trinajstić information content (AvgIpc) is 2.11. The lowest BCUT2D eigenvalue weighted by molar-refractivity contribution is 0.149. The number of alkyl halides is 2. The van der Waals surface area contributed by atoms with E-state index in [1.165, 1.54) is 0 Å². The lowest BCUT2D eigenvalue weighted by Crippen LogP contribution is -1.98. The van der Waals surface area contributed by atoms with Crippen molar-refractivity contribution < 1.29 is 17.6 Å². The van der Waals surface area contributed by atoms with E-state index in [1.807, 2.05) is 0 Å². The number of nitriles is 1. The Morgan fingerprint density at radius 2 is 1.79 bits per heavy atom. The maximum atomic E-state index is 12.6. The van der Waals surface area contributed by atoms with Crippen molar-refractivity contribution in [2.45, 2.75) is 12.8 Å². The highest BCUT2D eigenvalue weighted by Gasteiger charge is 2.16. The van der Waals surface area contributed by atoms with E-state index in [2.05, 4.69) is 0 Å². The van der Waals surface area contributed by atoms with E-state index in [1.54, 1.807) is 6.07 Å². The van der Waals surface area contributed by atoms with Gasteiger partial charge in [0.15, 0.2) is 11.6 Å². The van der Waals surface area contributed by atoms with Crippen LogP contribution in [0.1, 0.15) is 17.6 Å². The minimum Gasteiger partial charge on any atom is -0.205 e. The summed E-state index contributed by atoms with van der Waals surface area (Å²) >= 11 is 0. The van der Waals surface area contributed by atoms with E-state index in [0.29, 0.717) is 12.1 Å². The first-order chi connectivity index (χ1) is 6.56. The summed E-state index contributed by atoms with van der Waals surface area (Å²) in [6, 6.07) is 2.65. The summed E-state index contributed by atoms with van der Waals surface area (Å²) in [5, 5.41) is 8.28. The molecule has 74 valence electrons. The molecule has 0 unspecified atom stereocenters. The molecular formula is C9H5F4N. The molecule has 0 N–H and O–H groups in total. The number of hydrogen-bond acceptors (Lipinski definition) is 1. The van der Waals surface area contributed by atoms with Gasteiger partial charge in [0.25, 0.3) is 6.43 Å². The number of hydrogen-bond donors (Lipinski definition) is 0. The first-order valence-electron chi connectivity index (χ1n) is 3.69. The third-order valence-corrected chi connectivity index (χ3v) is 1.69. The fraction of sp³-hybridized carbons (Fsp3) is 0.222. The summed E-state index contributed by atoms with van der Waals surface area (Å²) in [5.74, 6) is -2.55. The molecule has 0 aromatic heterocycles. The number of halogens is 4. The van der Waals surface area contributed by atoms with Crippen molar-refractivity contribution >= 4 is 0 Å². The Morgan fingerprint density at radius 1 is 1.21 bits per heavy atom. The van der Waals surface area contributed by atoms with Gasteiger partial charge in [-0.3, -0.25) is 0 Å². The predicted octanol–water partition coefficient (Wildman–Crippen LogP) is 2.97. The Labute approximate surface area is 77.6 Å². The zero-order valence-corrected chi connectivity index (χ0v) is 6.90. The Kier molecular flexibility index (Phi) is 3.07. The second-order valence-corrected chi connectivity index (χ2v) is 2.60. The van der Waals surface area contributed by atoms with Crippen LogP contribution >= 0.6 is 0 Å².